The molecule has 0 radical (unpaired) electrons. The number of amides is 2. The number of carboxylic acid groups (broad SMARTS) is 1. The molecule has 8 heteroatoms. The predicted molar refractivity (Wildman–Crippen MR) is 90.4 cm³/mol. The van der Waals surface area contributed by atoms with Gasteiger partial charge in [0.15, 0.2) is 5.69 Å². The quantitative estimate of drug-likeness (QED) is 0.695. The molecular formula is C17H20N4O4. The first-order valence-corrected chi connectivity index (χ1v) is 7.69. The number of carbonyl (C=O) groups excluding carboxylic acids is 2. The molecule has 0 atom stereocenters. The van der Waals surface area contributed by atoms with E-state index >= 15 is 0 Å². The van der Waals surface area contributed by atoms with Gasteiger partial charge in [0, 0.05) is 12.6 Å². The number of nitrogens with two attached hydrogens (primary N) is 1. The van der Waals surface area contributed by atoms with E-state index in [2.05, 4.69) is 10.4 Å². The number of benzene rings is 1. The number of primary amides is 1. The molecule has 4 N–H and O–H groups in total. The summed E-state index contributed by atoms with van der Waals surface area (Å²) in [6.07, 6.45) is 0.260. The van der Waals surface area contributed by atoms with Crippen LogP contribution in [0.15, 0.2) is 36.4 Å². The summed E-state index contributed by atoms with van der Waals surface area (Å²) < 4.78 is 1.30. The van der Waals surface area contributed by atoms with Gasteiger partial charge in [0.1, 0.15) is 5.69 Å². The van der Waals surface area contributed by atoms with Crippen molar-refractivity contribution in [3.8, 4) is 5.69 Å². The molecule has 0 aliphatic rings. The number of hydrogen-bond donors (Lipinski definition) is 3. The van der Waals surface area contributed by atoms with Crippen molar-refractivity contribution in [1.29, 1.82) is 0 Å². The van der Waals surface area contributed by atoms with Gasteiger partial charge in [-0.3, -0.25) is 14.4 Å². The molecule has 0 saturated heterocycles. The highest BCUT2D eigenvalue weighted by molar-refractivity contribution is 5.97. The number of aromatic nitrogens is 2. The van der Waals surface area contributed by atoms with E-state index in [1.807, 2.05) is 6.07 Å². The minimum atomic E-state index is -0.949. The summed E-state index contributed by atoms with van der Waals surface area (Å²) >= 11 is 0. The van der Waals surface area contributed by atoms with Gasteiger partial charge in [0.25, 0.3) is 11.8 Å². The monoisotopic (exact) mass is 344 g/mol. The largest absolute Gasteiger partial charge is 0.481 e. The zero-order valence-electron chi connectivity index (χ0n) is 14.0. The Kier molecular flexibility index (Phi) is 5.21. The highest BCUT2D eigenvalue weighted by Gasteiger charge is 2.27. The van der Waals surface area contributed by atoms with Gasteiger partial charge in [-0.05, 0) is 32.4 Å². The van der Waals surface area contributed by atoms with E-state index in [1.54, 1.807) is 38.1 Å². The fraction of sp³-hybridized carbons (Fsp3) is 0.294. The number of aliphatic carboxylic acids is 1. The van der Waals surface area contributed by atoms with Crippen LogP contribution in [0.2, 0.25) is 0 Å². The summed E-state index contributed by atoms with van der Waals surface area (Å²) in [6, 6.07) is 10.1. The van der Waals surface area contributed by atoms with Crippen molar-refractivity contribution in [2.45, 2.75) is 20.3 Å². The normalized spacial score (nSPS) is 11.1. The first kappa shape index (κ1) is 18.2. The second-order valence-electron chi connectivity index (χ2n) is 6.22. The Morgan fingerprint density at radius 3 is 2.44 bits per heavy atom. The van der Waals surface area contributed by atoms with E-state index in [9.17, 15) is 14.4 Å². The molecule has 8 nitrogen and oxygen atoms in total. The number of para-hydroxylation sites is 1. The fourth-order valence-corrected chi connectivity index (χ4v) is 2.12. The second kappa shape index (κ2) is 7.16. The van der Waals surface area contributed by atoms with Crippen LogP contribution in [-0.2, 0) is 4.79 Å². The second-order valence-corrected chi connectivity index (χ2v) is 6.22. The fourth-order valence-electron chi connectivity index (χ4n) is 2.12. The molecule has 2 amide bonds. The molecule has 132 valence electrons. The van der Waals surface area contributed by atoms with Crippen molar-refractivity contribution in [2.75, 3.05) is 6.54 Å². The lowest BCUT2D eigenvalue weighted by atomic mass is 9.90. The summed E-state index contributed by atoms with van der Waals surface area (Å²) in [5.41, 5.74) is 5.13. The van der Waals surface area contributed by atoms with E-state index in [0.717, 1.165) is 0 Å². The lowest BCUT2D eigenvalue weighted by Crippen LogP contribution is -2.32. The van der Waals surface area contributed by atoms with Gasteiger partial charge in [-0.15, -0.1) is 0 Å². The first-order valence-electron chi connectivity index (χ1n) is 7.69. The maximum absolute atomic E-state index is 12.2. The van der Waals surface area contributed by atoms with Crippen molar-refractivity contribution < 1.29 is 19.5 Å². The molecule has 1 aromatic carbocycles. The molecule has 0 unspecified atom stereocenters. The summed E-state index contributed by atoms with van der Waals surface area (Å²) in [6.45, 7) is 3.33. The Morgan fingerprint density at radius 2 is 1.88 bits per heavy atom. The van der Waals surface area contributed by atoms with Crippen LogP contribution < -0.4 is 11.1 Å². The summed E-state index contributed by atoms with van der Waals surface area (Å²) in [5, 5.41) is 15.8. The van der Waals surface area contributed by atoms with Gasteiger partial charge in [0.05, 0.1) is 11.1 Å². The van der Waals surface area contributed by atoms with Gasteiger partial charge >= 0.3 is 5.97 Å². The van der Waals surface area contributed by atoms with Crippen molar-refractivity contribution in [1.82, 2.24) is 15.1 Å². The van der Waals surface area contributed by atoms with Crippen LogP contribution in [0.5, 0.6) is 0 Å². The Bertz CT molecular complexity index is 796. The maximum Gasteiger partial charge on any atom is 0.309 e. The Morgan fingerprint density at radius 1 is 1.24 bits per heavy atom. The number of hydrogen-bond acceptors (Lipinski definition) is 4. The van der Waals surface area contributed by atoms with E-state index in [0.29, 0.717) is 5.69 Å². The highest BCUT2D eigenvalue weighted by Crippen LogP contribution is 2.19. The first-order chi connectivity index (χ1) is 11.7. The molecule has 25 heavy (non-hydrogen) atoms. The van der Waals surface area contributed by atoms with E-state index in [1.165, 1.54) is 10.7 Å². The van der Waals surface area contributed by atoms with Crippen LogP contribution in [0.4, 0.5) is 0 Å². The van der Waals surface area contributed by atoms with Crippen LogP contribution in [0.1, 0.15) is 41.2 Å². The molecule has 0 saturated carbocycles. The van der Waals surface area contributed by atoms with Gasteiger partial charge in [-0.2, -0.15) is 5.10 Å². The Hall–Kier alpha value is -3.16. The van der Waals surface area contributed by atoms with Gasteiger partial charge < -0.3 is 16.2 Å². The van der Waals surface area contributed by atoms with E-state index in [4.69, 9.17) is 10.8 Å². The molecule has 0 fully saturated rings. The van der Waals surface area contributed by atoms with Crippen LogP contribution in [0, 0.1) is 5.41 Å². The lowest BCUT2D eigenvalue weighted by molar-refractivity contribution is -0.147. The van der Waals surface area contributed by atoms with E-state index in [-0.39, 0.29) is 24.4 Å². The molecule has 2 rings (SSSR count). The average molecular weight is 344 g/mol. The summed E-state index contributed by atoms with van der Waals surface area (Å²) in [4.78, 5) is 34.9. The molecule has 0 aliphatic carbocycles. The smallest absolute Gasteiger partial charge is 0.309 e. The highest BCUT2D eigenvalue weighted by atomic mass is 16.4. The number of rotatable bonds is 7. The number of carboxylic acids is 1. The SMILES string of the molecule is CC(C)(CCNC(=O)c1cc(C(N)=O)n(-c2ccccc2)n1)C(=O)O. The van der Waals surface area contributed by atoms with E-state index < -0.39 is 23.2 Å². The Balaban J connectivity index is 2.16. The minimum absolute atomic E-state index is 0.0331. The van der Waals surface area contributed by atoms with Crippen molar-refractivity contribution in [3.05, 3.63) is 47.8 Å². The Labute approximate surface area is 144 Å². The number of nitrogens with zero attached hydrogens (tertiary/aromatic N) is 2. The number of carbonyl (C=O) groups is 3. The minimum Gasteiger partial charge on any atom is -0.481 e. The summed E-state index contributed by atoms with van der Waals surface area (Å²) in [7, 11) is 0. The molecule has 0 bridgehead atoms. The van der Waals surface area contributed by atoms with Gasteiger partial charge in [0.2, 0.25) is 0 Å². The van der Waals surface area contributed by atoms with Crippen LogP contribution >= 0.6 is 0 Å². The van der Waals surface area contributed by atoms with Crippen LogP contribution in [0.25, 0.3) is 5.69 Å². The van der Waals surface area contributed by atoms with Crippen molar-refractivity contribution in [2.24, 2.45) is 11.1 Å². The molecule has 1 aromatic heterocycles. The molecule has 0 aliphatic heterocycles. The number of nitrogens with one attached hydrogen (secondary N) is 1. The molecule has 1 heterocycles. The average Bonchev–Trinajstić information content (AvgIpc) is 3.01. The molecular weight excluding hydrogens is 324 g/mol. The molecule has 0 spiro atoms. The van der Waals surface area contributed by atoms with Gasteiger partial charge in [-0.25, -0.2) is 4.68 Å². The van der Waals surface area contributed by atoms with Crippen LogP contribution in [0.3, 0.4) is 0 Å². The molecule has 2 aromatic rings. The maximum atomic E-state index is 12.2. The third-order valence-electron chi connectivity index (χ3n) is 3.81. The zero-order valence-corrected chi connectivity index (χ0v) is 14.0. The van der Waals surface area contributed by atoms with Gasteiger partial charge in [-0.1, -0.05) is 18.2 Å². The lowest BCUT2D eigenvalue weighted by Gasteiger charge is -2.18. The predicted octanol–water partition coefficient (Wildman–Crippen LogP) is 1.20. The van der Waals surface area contributed by atoms with Crippen molar-refractivity contribution in [3.63, 3.8) is 0 Å². The van der Waals surface area contributed by atoms with Crippen molar-refractivity contribution >= 4 is 17.8 Å². The summed E-state index contributed by atoms with van der Waals surface area (Å²) in [5.74, 6) is -2.15. The zero-order chi connectivity index (χ0) is 18.6. The third-order valence-corrected chi connectivity index (χ3v) is 3.81. The topological polar surface area (TPSA) is 127 Å². The third kappa shape index (κ3) is 4.23. The standard InChI is InChI=1S/C17H20N4O4/c1-17(2,16(24)25)8-9-19-15(23)12-10-13(14(18)22)21(20-12)11-6-4-3-5-7-11/h3-7,10H,8-9H2,1-2H3,(H2,18,22)(H,19,23)(H,24,25). The van der Waals surface area contributed by atoms with Crippen LogP contribution in [-0.4, -0.2) is 39.2 Å².